The molecule has 6 nitrogen and oxygen atoms in total. The maximum Gasteiger partial charge on any atom is 0.410 e. The quantitative estimate of drug-likeness (QED) is 0.598. The molecule has 0 aromatic heterocycles. The van der Waals surface area contributed by atoms with Crippen molar-refractivity contribution >= 4 is 6.09 Å². The van der Waals surface area contributed by atoms with Crippen molar-refractivity contribution in [3.8, 4) is 23.3 Å². The normalized spacial score (nSPS) is 19.0. The van der Waals surface area contributed by atoms with Gasteiger partial charge in [0, 0.05) is 6.54 Å². The zero-order chi connectivity index (χ0) is 21.8. The van der Waals surface area contributed by atoms with E-state index in [2.05, 4.69) is 6.07 Å². The molecule has 0 bridgehead atoms. The van der Waals surface area contributed by atoms with Crippen molar-refractivity contribution in [3.05, 3.63) is 54.1 Å². The fraction of sp³-hybridized carbons (Fsp3) is 0.440. The lowest BCUT2D eigenvalue weighted by Crippen LogP contribution is -2.40. The fourth-order valence-corrected chi connectivity index (χ4v) is 3.88. The smallest absolute Gasteiger partial charge is 0.410 e. The van der Waals surface area contributed by atoms with Crippen LogP contribution in [0.15, 0.2) is 48.5 Å². The molecule has 0 N–H and O–H groups in total. The maximum atomic E-state index is 12.2. The molecule has 0 spiro atoms. The average Bonchev–Trinajstić information content (AvgIpc) is 3.42. The summed E-state index contributed by atoms with van der Waals surface area (Å²) in [4.78, 5) is 14.0. The number of amides is 1. The van der Waals surface area contributed by atoms with Gasteiger partial charge in [0.05, 0.1) is 23.6 Å². The molecule has 31 heavy (non-hydrogen) atoms. The van der Waals surface area contributed by atoms with Gasteiger partial charge in [-0.1, -0.05) is 12.1 Å². The van der Waals surface area contributed by atoms with Crippen LogP contribution in [0.1, 0.15) is 45.1 Å². The molecular formula is C25H28N2O4. The fourth-order valence-electron chi connectivity index (χ4n) is 3.88. The summed E-state index contributed by atoms with van der Waals surface area (Å²) >= 11 is 0. The molecule has 6 heteroatoms. The van der Waals surface area contributed by atoms with E-state index in [1.165, 1.54) is 0 Å². The number of ether oxygens (including phenoxy) is 3. The molecule has 2 aromatic carbocycles. The monoisotopic (exact) mass is 420 g/mol. The summed E-state index contributed by atoms with van der Waals surface area (Å²) in [6.45, 7) is 4.86. The second-order valence-corrected chi connectivity index (χ2v) is 8.52. The first-order valence-corrected chi connectivity index (χ1v) is 10.9. The topological polar surface area (TPSA) is 71.8 Å². The van der Waals surface area contributed by atoms with Crippen LogP contribution < -0.4 is 9.47 Å². The lowest BCUT2D eigenvalue weighted by molar-refractivity contribution is 0.0656. The Morgan fingerprint density at radius 3 is 2.29 bits per heavy atom. The molecule has 4 rings (SSSR count). The van der Waals surface area contributed by atoms with Crippen molar-refractivity contribution in [3.63, 3.8) is 0 Å². The highest BCUT2D eigenvalue weighted by atomic mass is 16.6. The third-order valence-corrected chi connectivity index (χ3v) is 5.82. The van der Waals surface area contributed by atoms with Gasteiger partial charge in [-0.25, -0.2) is 4.79 Å². The van der Waals surface area contributed by atoms with Gasteiger partial charge in [0.25, 0.3) is 0 Å². The Morgan fingerprint density at radius 2 is 1.71 bits per heavy atom. The minimum atomic E-state index is -0.280. The molecule has 1 atom stereocenters. The Labute approximate surface area is 183 Å². The standard InChI is InChI=1S/C25H28N2O4/c1-18(2)30-24(28)27-15-3-4-20(27)16-29-21-9-11-23(12-10-21)31-22-7-5-19(6-8-22)25(17-26)13-14-25/h5-12,18,20H,3-4,13-16H2,1-2H3. The Morgan fingerprint density at radius 1 is 1.10 bits per heavy atom. The molecule has 162 valence electrons. The van der Waals surface area contributed by atoms with Crippen LogP contribution in [0.2, 0.25) is 0 Å². The Hall–Kier alpha value is -3.20. The van der Waals surface area contributed by atoms with Crippen LogP contribution >= 0.6 is 0 Å². The third kappa shape index (κ3) is 4.93. The molecule has 1 saturated heterocycles. The van der Waals surface area contributed by atoms with Crippen LogP contribution in [0.3, 0.4) is 0 Å². The van der Waals surface area contributed by atoms with E-state index in [0.29, 0.717) is 18.9 Å². The molecule has 1 aliphatic heterocycles. The summed E-state index contributed by atoms with van der Waals surface area (Å²) in [6.07, 6.45) is 3.35. The third-order valence-electron chi connectivity index (χ3n) is 5.82. The van der Waals surface area contributed by atoms with Gasteiger partial charge in [-0.05, 0) is 81.5 Å². The van der Waals surface area contributed by atoms with E-state index < -0.39 is 0 Å². The van der Waals surface area contributed by atoms with E-state index in [1.807, 2.05) is 62.4 Å². The summed E-state index contributed by atoms with van der Waals surface area (Å²) in [5, 5.41) is 9.31. The van der Waals surface area contributed by atoms with Crippen molar-refractivity contribution < 1.29 is 19.0 Å². The van der Waals surface area contributed by atoms with Gasteiger partial charge < -0.3 is 19.1 Å². The molecular weight excluding hydrogens is 392 g/mol. The van der Waals surface area contributed by atoms with E-state index in [9.17, 15) is 10.1 Å². The number of likely N-dealkylation sites (tertiary alicyclic amines) is 1. The first-order chi connectivity index (χ1) is 15.0. The molecule has 2 aromatic rings. The van der Waals surface area contributed by atoms with Crippen molar-refractivity contribution in [2.75, 3.05) is 13.2 Å². The number of benzene rings is 2. The highest BCUT2D eigenvalue weighted by molar-refractivity contribution is 5.68. The predicted molar refractivity (Wildman–Crippen MR) is 116 cm³/mol. The van der Waals surface area contributed by atoms with Crippen LogP contribution in [0.4, 0.5) is 4.79 Å². The maximum absolute atomic E-state index is 12.2. The van der Waals surface area contributed by atoms with Crippen molar-refractivity contribution in [2.45, 2.75) is 57.1 Å². The number of hydrogen-bond donors (Lipinski definition) is 0. The van der Waals surface area contributed by atoms with Crippen molar-refractivity contribution in [2.24, 2.45) is 0 Å². The number of nitrogens with zero attached hydrogens (tertiary/aromatic N) is 2. The zero-order valence-electron chi connectivity index (χ0n) is 18.0. The highest BCUT2D eigenvalue weighted by Crippen LogP contribution is 2.47. The largest absolute Gasteiger partial charge is 0.491 e. The van der Waals surface area contributed by atoms with Crippen LogP contribution in [0.25, 0.3) is 0 Å². The lowest BCUT2D eigenvalue weighted by Gasteiger charge is -2.25. The molecule has 1 unspecified atom stereocenters. The van der Waals surface area contributed by atoms with Gasteiger partial charge in [0.15, 0.2) is 0 Å². The molecule has 1 aliphatic carbocycles. The Balaban J connectivity index is 1.29. The molecule has 2 fully saturated rings. The van der Waals surface area contributed by atoms with E-state index in [4.69, 9.17) is 14.2 Å². The van der Waals surface area contributed by atoms with E-state index in [0.717, 1.165) is 42.7 Å². The SMILES string of the molecule is CC(C)OC(=O)N1CCCC1COc1ccc(Oc2ccc(C3(C#N)CC3)cc2)cc1. The summed E-state index contributed by atoms with van der Waals surface area (Å²) in [5.74, 6) is 2.18. The van der Waals surface area contributed by atoms with Gasteiger partial charge in [0.1, 0.15) is 23.9 Å². The number of nitriles is 1. The minimum Gasteiger partial charge on any atom is -0.491 e. The van der Waals surface area contributed by atoms with Crippen LogP contribution in [0, 0.1) is 11.3 Å². The second-order valence-electron chi connectivity index (χ2n) is 8.52. The van der Waals surface area contributed by atoms with Crippen molar-refractivity contribution in [1.29, 1.82) is 5.26 Å². The molecule has 1 heterocycles. The first kappa shape index (κ1) is 21.0. The van der Waals surface area contributed by atoms with Gasteiger partial charge in [0.2, 0.25) is 0 Å². The number of carbonyl (C=O) groups excluding carboxylic acids is 1. The van der Waals surface area contributed by atoms with Gasteiger partial charge in [-0.2, -0.15) is 5.26 Å². The minimum absolute atomic E-state index is 0.0314. The van der Waals surface area contributed by atoms with Crippen LogP contribution in [0.5, 0.6) is 17.2 Å². The lowest BCUT2D eigenvalue weighted by atomic mass is 9.98. The van der Waals surface area contributed by atoms with Crippen LogP contribution in [-0.4, -0.2) is 36.3 Å². The average molecular weight is 421 g/mol. The Kier molecular flexibility index (Phi) is 6.03. The van der Waals surface area contributed by atoms with Crippen LogP contribution in [-0.2, 0) is 10.2 Å². The molecule has 1 saturated carbocycles. The van der Waals surface area contributed by atoms with Crippen molar-refractivity contribution in [1.82, 2.24) is 4.90 Å². The Bertz CT molecular complexity index is 943. The summed E-state index contributed by atoms with van der Waals surface area (Å²) in [5.41, 5.74) is 0.780. The van der Waals surface area contributed by atoms with E-state index in [1.54, 1.807) is 4.90 Å². The first-order valence-electron chi connectivity index (χ1n) is 10.9. The number of rotatable bonds is 7. The van der Waals surface area contributed by atoms with E-state index >= 15 is 0 Å². The zero-order valence-corrected chi connectivity index (χ0v) is 18.0. The second kappa shape index (κ2) is 8.89. The molecule has 1 amide bonds. The highest BCUT2D eigenvalue weighted by Gasteiger charge is 2.44. The summed E-state index contributed by atoms with van der Waals surface area (Å²) in [7, 11) is 0. The number of hydrogen-bond acceptors (Lipinski definition) is 5. The van der Waals surface area contributed by atoms with E-state index in [-0.39, 0.29) is 23.7 Å². The molecule has 2 aliphatic rings. The summed E-state index contributed by atoms with van der Waals surface area (Å²) < 4.78 is 17.2. The predicted octanol–water partition coefficient (Wildman–Crippen LogP) is 5.42. The van der Waals surface area contributed by atoms with Gasteiger partial charge in [-0.15, -0.1) is 0 Å². The van der Waals surface area contributed by atoms with Gasteiger partial charge >= 0.3 is 6.09 Å². The van der Waals surface area contributed by atoms with Gasteiger partial charge in [-0.3, -0.25) is 0 Å². The number of carbonyl (C=O) groups is 1. The molecule has 0 radical (unpaired) electrons. The summed E-state index contributed by atoms with van der Waals surface area (Å²) in [6, 6.07) is 17.7.